The molecule has 0 fully saturated rings. The molecule has 0 bridgehead atoms. The van der Waals surface area contributed by atoms with Gasteiger partial charge in [0.05, 0.1) is 27.5 Å². The van der Waals surface area contributed by atoms with E-state index in [9.17, 15) is 31.6 Å². The van der Waals surface area contributed by atoms with Crippen molar-refractivity contribution in [2.24, 2.45) is 5.84 Å². The molecular weight excluding hydrogens is 624 g/mol. The molecule has 5 N–H and O–H groups in total. The summed E-state index contributed by atoms with van der Waals surface area (Å²) in [4.78, 5) is 26.7. The van der Waals surface area contributed by atoms with Crippen LogP contribution in [-0.2, 0) is 9.59 Å². The molecule has 0 saturated carbocycles. The number of para-hydroxylation sites is 1. The standard InChI is InChI=1S/C23H16ClN5O.2C2HF3O2/c24-21-18(14-25)22(28-23(29-26)20(21)19-8-4-5-13-27-19)15-9-11-17(12-10-15)30-16-6-2-1-3-7-16;2*3-2(4,5)1(6)7/h1-13H,26H2,(H,28,29);2*(H,6,7). The first kappa shape index (κ1) is 34.8. The fourth-order valence-corrected chi connectivity index (χ4v) is 3.34. The molecule has 10 nitrogen and oxygen atoms in total. The highest BCUT2D eigenvalue weighted by Gasteiger charge is 2.38. The highest BCUT2D eigenvalue weighted by atomic mass is 35.5. The van der Waals surface area contributed by atoms with Crippen LogP contribution in [0.4, 0.5) is 32.2 Å². The summed E-state index contributed by atoms with van der Waals surface area (Å²) in [5.41, 5.74) is 4.98. The summed E-state index contributed by atoms with van der Waals surface area (Å²) in [6, 6.07) is 24.3. The van der Waals surface area contributed by atoms with Crippen molar-refractivity contribution in [1.82, 2.24) is 9.97 Å². The second kappa shape index (κ2) is 15.2. The molecule has 0 atom stereocenters. The van der Waals surface area contributed by atoms with Gasteiger partial charge in [-0.2, -0.15) is 31.6 Å². The number of anilines is 1. The van der Waals surface area contributed by atoms with Crippen molar-refractivity contribution in [2.75, 3.05) is 5.43 Å². The summed E-state index contributed by atoms with van der Waals surface area (Å²) in [5, 5.41) is 24.3. The number of aliphatic carboxylic acids is 2. The van der Waals surface area contributed by atoms with Gasteiger partial charge in [-0.25, -0.2) is 20.4 Å². The van der Waals surface area contributed by atoms with E-state index < -0.39 is 24.3 Å². The molecule has 17 heteroatoms. The van der Waals surface area contributed by atoms with Crippen LogP contribution in [0.2, 0.25) is 5.02 Å². The zero-order chi connectivity index (χ0) is 33.1. The Hall–Kier alpha value is -5.40. The average molecular weight is 642 g/mol. The zero-order valence-electron chi connectivity index (χ0n) is 21.7. The number of nitrogens with one attached hydrogen (secondary N) is 1. The molecule has 0 radical (unpaired) electrons. The third kappa shape index (κ3) is 9.86. The summed E-state index contributed by atoms with van der Waals surface area (Å²) >= 11 is 6.60. The number of nitriles is 1. The first-order chi connectivity index (χ1) is 20.6. The van der Waals surface area contributed by atoms with Crippen LogP contribution < -0.4 is 16.0 Å². The lowest BCUT2D eigenvalue weighted by atomic mass is 10.0. The number of nitrogens with zero attached hydrogens (tertiary/aromatic N) is 3. The van der Waals surface area contributed by atoms with Gasteiger partial charge in [-0.3, -0.25) is 4.98 Å². The topological polar surface area (TPSA) is 171 Å². The number of halogens is 7. The molecule has 2 aromatic carbocycles. The number of rotatable bonds is 5. The third-order valence-corrected chi connectivity index (χ3v) is 5.28. The lowest BCUT2D eigenvalue weighted by Crippen LogP contribution is -2.21. The lowest BCUT2D eigenvalue weighted by Gasteiger charge is -2.15. The number of hydrogen-bond donors (Lipinski definition) is 4. The van der Waals surface area contributed by atoms with E-state index in [0.29, 0.717) is 34.1 Å². The maximum Gasteiger partial charge on any atom is 0.490 e. The Kier molecular flexibility index (Phi) is 12.0. The van der Waals surface area contributed by atoms with E-state index in [-0.39, 0.29) is 10.6 Å². The van der Waals surface area contributed by atoms with Gasteiger partial charge in [-0.1, -0.05) is 35.9 Å². The molecule has 2 heterocycles. The van der Waals surface area contributed by atoms with E-state index in [4.69, 9.17) is 42.0 Å². The Bertz CT molecular complexity index is 1590. The number of nitrogen functional groups attached to an aromatic ring is 1. The van der Waals surface area contributed by atoms with E-state index in [2.05, 4.69) is 21.5 Å². The largest absolute Gasteiger partial charge is 0.490 e. The Morgan fingerprint density at radius 3 is 1.80 bits per heavy atom. The van der Waals surface area contributed by atoms with Crippen molar-refractivity contribution in [2.45, 2.75) is 12.4 Å². The predicted molar refractivity (Wildman–Crippen MR) is 144 cm³/mol. The van der Waals surface area contributed by atoms with Crippen molar-refractivity contribution in [3.05, 3.63) is 89.6 Å². The van der Waals surface area contributed by atoms with Crippen LogP contribution in [0.15, 0.2) is 79.0 Å². The van der Waals surface area contributed by atoms with Crippen LogP contribution in [0.3, 0.4) is 0 Å². The summed E-state index contributed by atoms with van der Waals surface area (Å²) < 4.78 is 69.3. The molecule has 44 heavy (non-hydrogen) atoms. The van der Waals surface area contributed by atoms with Gasteiger partial charge < -0.3 is 20.4 Å². The van der Waals surface area contributed by atoms with Crippen LogP contribution in [-0.4, -0.2) is 44.5 Å². The van der Waals surface area contributed by atoms with Gasteiger partial charge in [-0.05, 0) is 48.5 Å². The van der Waals surface area contributed by atoms with Gasteiger partial charge in [0.1, 0.15) is 17.6 Å². The second-order valence-electron chi connectivity index (χ2n) is 7.89. The Morgan fingerprint density at radius 2 is 1.36 bits per heavy atom. The molecule has 4 aromatic rings. The predicted octanol–water partition coefficient (Wildman–Crippen LogP) is 6.68. The molecule has 230 valence electrons. The van der Waals surface area contributed by atoms with Gasteiger partial charge in [-0.15, -0.1) is 0 Å². The molecule has 0 aliphatic heterocycles. The molecule has 0 saturated heterocycles. The highest BCUT2D eigenvalue weighted by Crippen LogP contribution is 2.39. The van der Waals surface area contributed by atoms with Crippen LogP contribution >= 0.6 is 11.6 Å². The fraction of sp³-hybridized carbons (Fsp3) is 0.0741. The van der Waals surface area contributed by atoms with Crippen molar-refractivity contribution < 1.29 is 50.9 Å². The van der Waals surface area contributed by atoms with Crippen LogP contribution in [0.25, 0.3) is 22.5 Å². The number of hydrogen-bond acceptors (Lipinski definition) is 8. The molecule has 0 amide bonds. The minimum atomic E-state index is -5.08. The number of benzene rings is 2. The molecule has 0 aliphatic carbocycles. The minimum Gasteiger partial charge on any atom is -0.475 e. The Labute approximate surface area is 248 Å². The number of carboxylic acids is 2. The quantitative estimate of drug-likeness (QED) is 0.105. The monoisotopic (exact) mass is 641 g/mol. The van der Waals surface area contributed by atoms with E-state index >= 15 is 0 Å². The van der Waals surface area contributed by atoms with Crippen molar-refractivity contribution >= 4 is 29.4 Å². The number of ether oxygens (including phenoxy) is 1. The van der Waals surface area contributed by atoms with Gasteiger partial charge in [0.25, 0.3) is 0 Å². The summed E-state index contributed by atoms with van der Waals surface area (Å²) in [5.74, 6) is 1.92. The molecule has 0 unspecified atom stereocenters. The Balaban J connectivity index is 0.000000402. The fourth-order valence-electron chi connectivity index (χ4n) is 3.02. The smallest absolute Gasteiger partial charge is 0.475 e. The van der Waals surface area contributed by atoms with Gasteiger partial charge in [0.2, 0.25) is 0 Å². The van der Waals surface area contributed by atoms with Gasteiger partial charge in [0.15, 0.2) is 5.82 Å². The van der Waals surface area contributed by atoms with Gasteiger partial charge in [0, 0.05) is 11.8 Å². The minimum absolute atomic E-state index is 0.235. The normalized spacial score (nSPS) is 10.6. The summed E-state index contributed by atoms with van der Waals surface area (Å²) in [6.07, 6.45) is -8.53. The maximum absolute atomic E-state index is 10.6. The highest BCUT2D eigenvalue weighted by molar-refractivity contribution is 6.35. The molecule has 0 spiro atoms. The van der Waals surface area contributed by atoms with E-state index in [1.165, 1.54) is 0 Å². The summed E-state index contributed by atoms with van der Waals surface area (Å²) in [6.45, 7) is 0. The van der Waals surface area contributed by atoms with E-state index in [0.717, 1.165) is 5.75 Å². The molecule has 2 aromatic heterocycles. The van der Waals surface area contributed by atoms with Crippen molar-refractivity contribution in [1.29, 1.82) is 5.26 Å². The van der Waals surface area contributed by atoms with Crippen molar-refractivity contribution in [3.63, 3.8) is 0 Å². The summed E-state index contributed by atoms with van der Waals surface area (Å²) in [7, 11) is 0. The number of carboxylic acid groups (broad SMARTS) is 2. The van der Waals surface area contributed by atoms with E-state index in [1.54, 1.807) is 30.5 Å². The van der Waals surface area contributed by atoms with Crippen LogP contribution in [0.5, 0.6) is 11.5 Å². The first-order valence-corrected chi connectivity index (χ1v) is 11.9. The van der Waals surface area contributed by atoms with E-state index in [1.807, 2.05) is 48.5 Å². The van der Waals surface area contributed by atoms with Crippen molar-refractivity contribution in [3.8, 4) is 40.1 Å². The number of carbonyl (C=O) groups is 2. The maximum atomic E-state index is 10.6. The molecule has 0 aliphatic rings. The third-order valence-electron chi connectivity index (χ3n) is 4.90. The number of alkyl halides is 6. The lowest BCUT2D eigenvalue weighted by molar-refractivity contribution is -0.193. The van der Waals surface area contributed by atoms with Crippen LogP contribution in [0, 0.1) is 11.3 Å². The molecule has 4 rings (SSSR count). The average Bonchev–Trinajstić information content (AvgIpc) is 2.97. The molecular formula is C27H18ClF6N5O5. The number of nitrogens with two attached hydrogens (primary N) is 1. The second-order valence-corrected chi connectivity index (χ2v) is 8.27. The number of aromatic nitrogens is 2. The van der Waals surface area contributed by atoms with Gasteiger partial charge >= 0.3 is 24.3 Å². The SMILES string of the molecule is N#Cc1c(-c2ccc(Oc3ccccc3)cc2)nc(NN)c(-c2ccccn2)c1Cl.O=C(O)C(F)(F)F.O=C(O)C(F)(F)F. The zero-order valence-corrected chi connectivity index (χ0v) is 22.4. The number of pyridine rings is 2. The van der Waals surface area contributed by atoms with Crippen LogP contribution in [0.1, 0.15) is 5.56 Å². The number of hydrazine groups is 1. The first-order valence-electron chi connectivity index (χ1n) is 11.5. The Morgan fingerprint density at radius 1 is 0.864 bits per heavy atom.